The van der Waals surface area contributed by atoms with Crippen molar-refractivity contribution in [3.05, 3.63) is 22.2 Å². The fourth-order valence-electron chi connectivity index (χ4n) is 2.69. The highest BCUT2D eigenvalue weighted by molar-refractivity contribution is 5.39. The van der Waals surface area contributed by atoms with E-state index in [9.17, 15) is 4.79 Å². The molecule has 3 rings (SSSR count). The van der Waals surface area contributed by atoms with Crippen molar-refractivity contribution in [2.75, 3.05) is 18.0 Å². The fraction of sp³-hybridized carbons (Fsp3) is 0.692. The predicted octanol–water partition coefficient (Wildman–Crippen LogP) is 0.834. The summed E-state index contributed by atoms with van der Waals surface area (Å²) in [4.78, 5) is 21.4. The zero-order chi connectivity index (χ0) is 12.7. The summed E-state index contributed by atoms with van der Waals surface area (Å²) in [5, 5.41) is 3.49. The van der Waals surface area contributed by atoms with Crippen LogP contribution in [0.3, 0.4) is 0 Å². The molecule has 2 aliphatic rings. The minimum Gasteiger partial charge on any atom is -0.353 e. The Morgan fingerprint density at radius 3 is 2.56 bits per heavy atom. The van der Waals surface area contributed by atoms with E-state index in [0.717, 1.165) is 37.6 Å². The van der Waals surface area contributed by atoms with Gasteiger partial charge in [-0.1, -0.05) is 0 Å². The molecule has 2 atom stereocenters. The highest BCUT2D eigenvalue weighted by Gasteiger charge is 2.28. The van der Waals surface area contributed by atoms with Crippen molar-refractivity contribution in [3.8, 4) is 0 Å². The van der Waals surface area contributed by atoms with Crippen LogP contribution in [0.5, 0.6) is 0 Å². The summed E-state index contributed by atoms with van der Waals surface area (Å²) in [7, 11) is 0. The van der Waals surface area contributed by atoms with Gasteiger partial charge in [0.15, 0.2) is 0 Å². The molecule has 0 radical (unpaired) electrons. The van der Waals surface area contributed by atoms with Gasteiger partial charge in [-0.3, -0.25) is 4.79 Å². The third kappa shape index (κ3) is 2.41. The lowest BCUT2D eigenvalue weighted by atomic mass is 10.1. The normalized spacial score (nSPS) is 28.4. The number of aromatic amines is 1. The Morgan fingerprint density at radius 1 is 1.28 bits per heavy atom. The molecular formula is C13H20N4O. The van der Waals surface area contributed by atoms with E-state index in [0.29, 0.717) is 18.0 Å². The lowest BCUT2D eigenvalue weighted by Gasteiger charge is -2.36. The summed E-state index contributed by atoms with van der Waals surface area (Å²) >= 11 is 0. The molecule has 18 heavy (non-hydrogen) atoms. The van der Waals surface area contributed by atoms with Gasteiger partial charge in [0, 0.05) is 37.2 Å². The smallest absolute Gasteiger partial charge is 0.252 e. The second-order valence-electron chi connectivity index (χ2n) is 5.64. The number of nitrogens with one attached hydrogen (secondary N) is 2. The molecule has 0 spiro atoms. The minimum absolute atomic E-state index is 0.0271. The fourth-order valence-corrected chi connectivity index (χ4v) is 2.69. The van der Waals surface area contributed by atoms with Crippen LogP contribution in [0.25, 0.3) is 0 Å². The molecular weight excluding hydrogens is 228 g/mol. The molecule has 1 aliphatic carbocycles. The average molecular weight is 248 g/mol. The molecule has 1 aromatic rings. The Labute approximate surface area is 107 Å². The van der Waals surface area contributed by atoms with Crippen LogP contribution >= 0.6 is 0 Å². The number of anilines is 1. The van der Waals surface area contributed by atoms with E-state index in [1.54, 1.807) is 6.07 Å². The van der Waals surface area contributed by atoms with Crippen LogP contribution in [0.1, 0.15) is 38.4 Å². The molecule has 1 saturated carbocycles. The van der Waals surface area contributed by atoms with E-state index in [2.05, 4.69) is 34.0 Å². The molecule has 5 heteroatoms. The van der Waals surface area contributed by atoms with Gasteiger partial charge in [-0.15, -0.1) is 0 Å². The third-order valence-electron chi connectivity index (χ3n) is 3.59. The van der Waals surface area contributed by atoms with Gasteiger partial charge in [-0.05, 0) is 26.7 Å². The summed E-state index contributed by atoms with van der Waals surface area (Å²) in [6.45, 7) is 6.14. The van der Waals surface area contributed by atoms with Crippen LogP contribution in [-0.4, -0.2) is 35.1 Å². The number of H-pyrrole nitrogens is 1. The number of hydrogen-bond acceptors (Lipinski definition) is 4. The molecule has 0 bridgehead atoms. The topological polar surface area (TPSA) is 61.0 Å². The van der Waals surface area contributed by atoms with E-state index in [-0.39, 0.29) is 5.56 Å². The maximum Gasteiger partial charge on any atom is 0.252 e. The average Bonchev–Trinajstić information content (AvgIpc) is 3.10. The highest BCUT2D eigenvalue weighted by Crippen LogP contribution is 2.37. The summed E-state index contributed by atoms with van der Waals surface area (Å²) < 4.78 is 0. The van der Waals surface area contributed by atoms with Crippen molar-refractivity contribution < 1.29 is 0 Å². The maximum atomic E-state index is 11.7. The van der Waals surface area contributed by atoms with Crippen molar-refractivity contribution in [1.29, 1.82) is 0 Å². The molecule has 2 fully saturated rings. The highest BCUT2D eigenvalue weighted by atomic mass is 16.1. The molecule has 2 unspecified atom stereocenters. The Balaban J connectivity index is 1.88. The van der Waals surface area contributed by atoms with Crippen LogP contribution in [-0.2, 0) is 0 Å². The molecule has 0 amide bonds. The molecule has 1 saturated heterocycles. The van der Waals surface area contributed by atoms with Gasteiger partial charge in [0.1, 0.15) is 11.6 Å². The lowest BCUT2D eigenvalue weighted by Crippen LogP contribution is -2.54. The zero-order valence-electron chi connectivity index (χ0n) is 10.9. The van der Waals surface area contributed by atoms with Gasteiger partial charge in [0.05, 0.1) is 0 Å². The zero-order valence-corrected chi connectivity index (χ0v) is 10.9. The van der Waals surface area contributed by atoms with E-state index in [4.69, 9.17) is 0 Å². The van der Waals surface area contributed by atoms with Crippen molar-refractivity contribution in [1.82, 2.24) is 15.3 Å². The molecule has 0 aromatic carbocycles. The van der Waals surface area contributed by atoms with Gasteiger partial charge >= 0.3 is 0 Å². The monoisotopic (exact) mass is 248 g/mol. The summed E-state index contributed by atoms with van der Waals surface area (Å²) in [6.07, 6.45) is 2.31. The van der Waals surface area contributed by atoms with Gasteiger partial charge in [0.2, 0.25) is 0 Å². The quantitative estimate of drug-likeness (QED) is 0.814. The van der Waals surface area contributed by atoms with Gasteiger partial charge < -0.3 is 15.2 Å². The van der Waals surface area contributed by atoms with Crippen LogP contribution in [0.2, 0.25) is 0 Å². The number of hydrogen-bond donors (Lipinski definition) is 2. The largest absolute Gasteiger partial charge is 0.353 e. The first-order chi connectivity index (χ1) is 8.61. The van der Waals surface area contributed by atoms with Crippen LogP contribution in [0.15, 0.2) is 10.9 Å². The van der Waals surface area contributed by atoms with Crippen LogP contribution in [0, 0.1) is 0 Å². The SMILES string of the molecule is CC1CN(c2cc(=O)[nH]c(C3CC3)n2)CC(C)N1. The van der Waals surface area contributed by atoms with E-state index >= 15 is 0 Å². The first-order valence-electron chi connectivity index (χ1n) is 6.74. The lowest BCUT2D eigenvalue weighted by molar-refractivity contribution is 0.405. The summed E-state index contributed by atoms with van der Waals surface area (Å²) in [5.74, 6) is 2.19. The number of piperazine rings is 1. The molecule has 5 nitrogen and oxygen atoms in total. The van der Waals surface area contributed by atoms with Gasteiger partial charge in [0.25, 0.3) is 5.56 Å². The third-order valence-corrected chi connectivity index (χ3v) is 3.59. The molecule has 2 N–H and O–H groups in total. The van der Waals surface area contributed by atoms with Gasteiger partial charge in [-0.2, -0.15) is 0 Å². The van der Waals surface area contributed by atoms with E-state index in [1.165, 1.54) is 0 Å². The van der Waals surface area contributed by atoms with E-state index in [1.807, 2.05) is 0 Å². The van der Waals surface area contributed by atoms with Crippen LogP contribution < -0.4 is 15.8 Å². The Bertz CT molecular complexity index is 484. The van der Waals surface area contributed by atoms with E-state index < -0.39 is 0 Å². The first kappa shape index (κ1) is 11.7. The van der Waals surface area contributed by atoms with Crippen molar-refractivity contribution in [2.45, 2.75) is 44.7 Å². The van der Waals surface area contributed by atoms with Crippen molar-refractivity contribution in [3.63, 3.8) is 0 Å². The first-order valence-corrected chi connectivity index (χ1v) is 6.74. The standard InChI is InChI=1S/C13H20N4O/c1-8-6-17(7-9(2)14-8)11-5-12(18)16-13(15-11)10-3-4-10/h5,8-10,14H,3-4,6-7H2,1-2H3,(H,15,16,18). The van der Waals surface area contributed by atoms with Crippen molar-refractivity contribution in [2.24, 2.45) is 0 Å². The van der Waals surface area contributed by atoms with Crippen molar-refractivity contribution >= 4 is 5.82 Å². The second-order valence-corrected chi connectivity index (χ2v) is 5.64. The Hall–Kier alpha value is -1.36. The molecule has 2 heterocycles. The van der Waals surface area contributed by atoms with Crippen LogP contribution in [0.4, 0.5) is 5.82 Å². The number of rotatable bonds is 2. The van der Waals surface area contributed by atoms with Gasteiger partial charge in [-0.25, -0.2) is 4.98 Å². The number of nitrogens with zero attached hydrogens (tertiary/aromatic N) is 2. The summed E-state index contributed by atoms with van der Waals surface area (Å²) in [5.41, 5.74) is -0.0271. The molecule has 98 valence electrons. The Kier molecular flexibility index (Phi) is 2.86. The second kappa shape index (κ2) is 4.39. The maximum absolute atomic E-state index is 11.7. The Morgan fingerprint density at radius 2 is 1.94 bits per heavy atom. The molecule has 1 aliphatic heterocycles. The minimum atomic E-state index is -0.0271. The summed E-state index contributed by atoms with van der Waals surface area (Å²) in [6, 6.07) is 2.48. The molecule has 1 aromatic heterocycles. The number of aromatic nitrogens is 2. The predicted molar refractivity (Wildman–Crippen MR) is 71.1 cm³/mol.